The number of carbonyl (C=O) groups is 1. The smallest absolute Gasteiger partial charge is 0.227 e. The molecule has 1 aliphatic heterocycles. The van der Waals surface area contributed by atoms with Crippen molar-refractivity contribution in [2.24, 2.45) is 5.92 Å². The van der Waals surface area contributed by atoms with E-state index in [1.54, 1.807) is 7.11 Å². The molecule has 7 heteroatoms. The lowest BCUT2D eigenvalue weighted by molar-refractivity contribution is -0.121. The van der Waals surface area contributed by atoms with Crippen molar-refractivity contribution in [1.82, 2.24) is 14.5 Å². The van der Waals surface area contributed by atoms with Gasteiger partial charge in [0.15, 0.2) is 0 Å². The van der Waals surface area contributed by atoms with E-state index in [0.717, 1.165) is 66.6 Å². The lowest BCUT2D eigenvalue weighted by Crippen LogP contribution is -2.38. The number of imidazole rings is 1. The van der Waals surface area contributed by atoms with Gasteiger partial charge in [0.25, 0.3) is 0 Å². The van der Waals surface area contributed by atoms with Gasteiger partial charge in [-0.3, -0.25) is 9.69 Å². The summed E-state index contributed by atoms with van der Waals surface area (Å²) in [6.45, 7) is 3.20. The minimum absolute atomic E-state index is 0.0101. The van der Waals surface area contributed by atoms with Crippen LogP contribution in [0.5, 0.6) is 5.75 Å². The Morgan fingerprint density at radius 3 is 2.49 bits per heavy atom. The third-order valence-electron chi connectivity index (χ3n) is 6.68. The highest BCUT2D eigenvalue weighted by atomic mass is 35.5. The first-order valence-corrected chi connectivity index (χ1v) is 12.3. The van der Waals surface area contributed by atoms with Gasteiger partial charge in [-0.25, -0.2) is 4.98 Å². The van der Waals surface area contributed by atoms with E-state index in [2.05, 4.69) is 45.1 Å². The summed E-state index contributed by atoms with van der Waals surface area (Å²) in [4.78, 5) is 20.2. The van der Waals surface area contributed by atoms with Crippen LogP contribution in [0, 0.1) is 5.92 Å². The summed E-state index contributed by atoms with van der Waals surface area (Å²) in [7, 11) is 1.61. The topological polar surface area (TPSA) is 59.4 Å². The summed E-state index contributed by atoms with van der Waals surface area (Å²) in [5, 5.41) is 3.78. The number of hydrogen-bond donors (Lipinski definition) is 1. The summed E-state index contributed by atoms with van der Waals surface area (Å²) < 4.78 is 7.65. The van der Waals surface area contributed by atoms with Gasteiger partial charge >= 0.3 is 0 Å². The van der Waals surface area contributed by atoms with Crippen molar-refractivity contribution in [3.05, 3.63) is 89.2 Å². The summed E-state index contributed by atoms with van der Waals surface area (Å²) in [6.07, 6.45) is 1.64. The minimum Gasteiger partial charge on any atom is -0.495 e. The molecule has 0 radical (unpaired) electrons. The molecule has 4 aromatic rings. The third kappa shape index (κ3) is 5.34. The molecule has 1 fully saturated rings. The number of ether oxygens (including phenoxy) is 1. The van der Waals surface area contributed by atoms with Crippen molar-refractivity contribution >= 4 is 34.2 Å². The second-order valence-corrected chi connectivity index (χ2v) is 9.41. The van der Waals surface area contributed by atoms with E-state index < -0.39 is 0 Å². The summed E-state index contributed by atoms with van der Waals surface area (Å²) >= 11 is 6.08. The van der Waals surface area contributed by atoms with E-state index in [1.807, 2.05) is 42.5 Å². The normalized spacial score (nSPS) is 14.8. The molecule has 1 N–H and O–H groups in total. The molecule has 6 nitrogen and oxygen atoms in total. The van der Waals surface area contributed by atoms with Crippen molar-refractivity contribution in [3.63, 3.8) is 0 Å². The molecule has 0 spiro atoms. The zero-order chi connectivity index (χ0) is 24.2. The van der Waals surface area contributed by atoms with Gasteiger partial charge in [0.05, 0.1) is 30.4 Å². The fraction of sp³-hybridized carbons (Fsp3) is 0.286. The molecule has 180 valence electrons. The van der Waals surface area contributed by atoms with Crippen LogP contribution < -0.4 is 10.1 Å². The molecule has 3 aromatic carbocycles. The summed E-state index contributed by atoms with van der Waals surface area (Å²) in [5.41, 5.74) is 4.04. The molecule has 0 unspecified atom stereocenters. The standard InChI is InChI=1S/C28H29ClN4O2/c1-35-26-9-5-3-7-24(26)31-28(34)21-14-16-32(17-15-21)19-27-30-23-6-2-4-8-25(23)33(27)18-20-10-12-22(29)13-11-20/h2-13,21H,14-19H2,1H3,(H,31,34). The molecule has 0 atom stereocenters. The zero-order valence-electron chi connectivity index (χ0n) is 19.8. The van der Waals surface area contributed by atoms with E-state index in [4.69, 9.17) is 21.3 Å². The van der Waals surface area contributed by atoms with Crippen molar-refractivity contribution in [1.29, 1.82) is 0 Å². The molecular weight excluding hydrogens is 460 g/mol. The van der Waals surface area contributed by atoms with Crippen LogP contribution >= 0.6 is 11.6 Å². The number of hydrogen-bond acceptors (Lipinski definition) is 4. The number of fused-ring (bicyclic) bond motifs is 1. The Hall–Kier alpha value is -3.35. The average Bonchev–Trinajstić information content (AvgIpc) is 3.22. The predicted octanol–water partition coefficient (Wildman–Crippen LogP) is 5.60. The van der Waals surface area contributed by atoms with Gasteiger partial charge in [-0.05, 0) is 67.9 Å². The molecular formula is C28H29ClN4O2. The lowest BCUT2D eigenvalue weighted by Gasteiger charge is -2.31. The van der Waals surface area contributed by atoms with E-state index in [9.17, 15) is 4.79 Å². The highest BCUT2D eigenvalue weighted by Gasteiger charge is 2.26. The Morgan fingerprint density at radius 2 is 1.71 bits per heavy atom. The second-order valence-electron chi connectivity index (χ2n) is 8.97. The fourth-order valence-electron chi connectivity index (χ4n) is 4.73. The second kappa shape index (κ2) is 10.5. The number of aromatic nitrogens is 2. The Balaban J connectivity index is 1.26. The van der Waals surface area contributed by atoms with Gasteiger partial charge in [0.2, 0.25) is 5.91 Å². The maximum Gasteiger partial charge on any atom is 0.227 e. The quantitative estimate of drug-likeness (QED) is 0.368. The minimum atomic E-state index is -0.0101. The Labute approximate surface area is 210 Å². The van der Waals surface area contributed by atoms with Gasteiger partial charge in [0, 0.05) is 17.5 Å². The molecule has 0 aliphatic carbocycles. The van der Waals surface area contributed by atoms with E-state index >= 15 is 0 Å². The van der Waals surface area contributed by atoms with E-state index in [-0.39, 0.29) is 11.8 Å². The third-order valence-corrected chi connectivity index (χ3v) is 6.93. The van der Waals surface area contributed by atoms with E-state index in [1.165, 1.54) is 5.56 Å². The van der Waals surface area contributed by atoms with Gasteiger partial charge in [-0.15, -0.1) is 0 Å². The summed E-state index contributed by atoms with van der Waals surface area (Å²) in [5.74, 6) is 1.77. The van der Waals surface area contributed by atoms with Crippen LogP contribution in [-0.4, -0.2) is 40.6 Å². The van der Waals surface area contributed by atoms with Crippen LogP contribution in [-0.2, 0) is 17.9 Å². The average molecular weight is 489 g/mol. The first-order chi connectivity index (χ1) is 17.1. The van der Waals surface area contributed by atoms with E-state index in [0.29, 0.717) is 5.75 Å². The van der Waals surface area contributed by atoms with Crippen LogP contribution in [0.2, 0.25) is 5.02 Å². The molecule has 5 rings (SSSR count). The number of piperidine rings is 1. The van der Waals surface area contributed by atoms with Crippen LogP contribution in [0.25, 0.3) is 11.0 Å². The van der Waals surface area contributed by atoms with Gasteiger partial charge in [-0.1, -0.05) is 48.0 Å². The molecule has 0 saturated carbocycles. The van der Waals surface area contributed by atoms with Crippen LogP contribution in [0.15, 0.2) is 72.8 Å². The number of amides is 1. The van der Waals surface area contributed by atoms with Gasteiger partial charge in [-0.2, -0.15) is 0 Å². The maximum atomic E-state index is 12.9. The largest absolute Gasteiger partial charge is 0.495 e. The molecule has 2 heterocycles. The number of para-hydroxylation sites is 4. The van der Waals surface area contributed by atoms with Crippen molar-refractivity contribution in [3.8, 4) is 5.75 Å². The van der Waals surface area contributed by atoms with Crippen LogP contribution in [0.4, 0.5) is 5.69 Å². The maximum absolute atomic E-state index is 12.9. The number of likely N-dealkylation sites (tertiary alicyclic amines) is 1. The van der Waals surface area contributed by atoms with Gasteiger partial charge < -0.3 is 14.6 Å². The Bertz CT molecular complexity index is 1310. The number of benzene rings is 3. The Kier molecular flexibility index (Phi) is 7.02. The first kappa shape index (κ1) is 23.4. The number of halogens is 1. The number of rotatable bonds is 7. The number of nitrogens with zero attached hydrogens (tertiary/aromatic N) is 3. The summed E-state index contributed by atoms with van der Waals surface area (Å²) in [6, 6.07) is 23.8. The fourth-order valence-corrected chi connectivity index (χ4v) is 4.86. The van der Waals surface area contributed by atoms with Crippen molar-refractivity contribution in [2.45, 2.75) is 25.9 Å². The van der Waals surface area contributed by atoms with Crippen LogP contribution in [0.1, 0.15) is 24.2 Å². The molecule has 0 bridgehead atoms. The SMILES string of the molecule is COc1ccccc1NC(=O)C1CCN(Cc2nc3ccccc3n2Cc2ccc(Cl)cc2)CC1. The highest BCUT2D eigenvalue weighted by Crippen LogP contribution is 2.27. The number of anilines is 1. The molecule has 1 amide bonds. The number of methoxy groups -OCH3 is 1. The molecule has 1 saturated heterocycles. The molecule has 1 aromatic heterocycles. The number of nitrogens with one attached hydrogen (secondary N) is 1. The lowest BCUT2D eigenvalue weighted by atomic mass is 9.95. The molecule has 1 aliphatic rings. The molecule has 35 heavy (non-hydrogen) atoms. The number of carbonyl (C=O) groups excluding carboxylic acids is 1. The van der Waals surface area contributed by atoms with Gasteiger partial charge in [0.1, 0.15) is 11.6 Å². The van der Waals surface area contributed by atoms with Crippen LogP contribution in [0.3, 0.4) is 0 Å². The predicted molar refractivity (Wildman–Crippen MR) is 140 cm³/mol. The highest BCUT2D eigenvalue weighted by molar-refractivity contribution is 6.30. The monoisotopic (exact) mass is 488 g/mol. The zero-order valence-corrected chi connectivity index (χ0v) is 20.5. The van der Waals surface area contributed by atoms with Crippen molar-refractivity contribution < 1.29 is 9.53 Å². The first-order valence-electron chi connectivity index (χ1n) is 12.0. The van der Waals surface area contributed by atoms with Crippen molar-refractivity contribution in [2.75, 3.05) is 25.5 Å². The Morgan fingerprint density at radius 1 is 1.00 bits per heavy atom.